The van der Waals surface area contributed by atoms with Gasteiger partial charge >= 0.3 is 142 Å². The van der Waals surface area contributed by atoms with Crippen molar-refractivity contribution in [1.82, 2.24) is 58.6 Å². The fourth-order valence-corrected chi connectivity index (χ4v) is 8.32. The van der Waals surface area contributed by atoms with E-state index < -0.39 is 15.7 Å². The zero-order valence-corrected chi connectivity index (χ0v) is 74.0. The number of nitrogen functional groups attached to an aromatic ring is 2. The summed E-state index contributed by atoms with van der Waals surface area (Å²) in [5, 5.41) is 47.6. The molecule has 6 heterocycles. The van der Waals surface area contributed by atoms with Gasteiger partial charge in [0.1, 0.15) is 40.2 Å². The summed E-state index contributed by atoms with van der Waals surface area (Å²) in [5.41, 5.74) is 21.0. The molecule has 12 aromatic rings. The summed E-state index contributed by atoms with van der Waals surface area (Å²) in [4.78, 5) is 63.4. The maximum atomic E-state index is 12.7. The molecule has 0 bridgehead atoms. The molecule has 12 rings (SSSR count). The quantitative estimate of drug-likeness (QED) is 0.0179. The number of imidazole rings is 6. The fourth-order valence-electron chi connectivity index (χ4n) is 7.50. The number of nitrogens with one attached hydrogen (secondary N) is 3. The van der Waals surface area contributed by atoms with Gasteiger partial charge in [0.25, 0.3) is 17.8 Å². The zero-order chi connectivity index (χ0) is 79.0. The molecule has 2 radical (unpaired) electrons. The number of hydrogen-bond donors (Lipinski definition) is 7. The molecule has 0 unspecified atom stereocenters. The summed E-state index contributed by atoms with van der Waals surface area (Å²) in [5.74, 6) is 2.87. The van der Waals surface area contributed by atoms with E-state index in [0.29, 0.717) is 28.6 Å². The number of halogens is 3. The number of phenols is 2. The van der Waals surface area contributed by atoms with E-state index in [-0.39, 0.29) is 173 Å². The van der Waals surface area contributed by atoms with Crippen LogP contribution in [0.5, 0.6) is 46.0 Å². The molecule has 6 aromatic heterocycles. The number of benzene rings is 6. The zero-order valence-electron chi connectivity index (χ0n) is 61.8. The van der Waals surface area contributed by atoms with Crippen molar-refractivity contribution >= 4 is 61.1 Å². The van der Waals surface area contributed by atoms with E-state index in [0.717, 1.165) is 89.9 Å². The number of aromatic hydroxyl groups is 2. The number of rotatable bonds is 12. The Labute approximate surface area is 767 Å². The van der Waals surface area contributed by atoms with Crippen LogP contribution in [0.4, 0.5) is 27.1 Å². The predicted octanol–water partition coefficient (Wildman–Crippen LogP) is 6.17. The van der Waals surface area contributed by atoms with Crippen molar-refractivity contribution in [2.45, 2.75) is 41.5 Å². The van der Waals surface area contributed by atoms with Crippen LogP contribution >= 0.6 is 31.9 Å². The molecular formula is C67H77Br2Cu4FK2N16O17. The first-order chi connectivity index (χ1) is 50.2. The number of carbonyl (C=O) groups excluding carboxylic acids is 1. The van der Waals surface area contributed by atoms with Gasteiger partial charge in [-0.25, -0.2) is 34.3 Å². The van der Waals surface area contributed by atoms with Crippen molar-refractivity contribution in [2.75, 3.05) is 54.1 Å². The summed E-state index contributed by atoms with van der Waals surface area (Å²) >= 11 is 12.4. The first kappa shape index (κ1) is 108. The third-order valence-electron chi connectivity index (χ3n) is 12.3. The molecule has 594 valence electrons. The summed E-state index contributed by atoms with van der Waals surface area (Å²) in [6.45, 7) is 11.4. The van der Waals surface area contributed by atoms with Crippen LogP contribution in [0.25, 0.3) is 17.1 Å². The van der Waals surface area contributed by atoms with Crippen LogP contribution in [0.15, 0.2) is 193 Å². The number of nitro benzene ring substituents is 2. The monoisotopic (exact) mass is 1880 g/mol. The molecule has 33 nitrogen and oxygen atoms in total. The van der Waals surface area contributed by atoms with Gasteiger partial charge in [-0.15, -0.1) is 0 Å². The number of nitrogens with zero attached hydrogens (tertiary/aromatic N) is 11. The number of anilines is 2. The number of hydrogen-bond acceptors (Lipinski definition) is 25. The summed E-state index contributed by atoms with van der Waals surface area (Å²) in [7, 11) is 9.09. The number of nitrogens with two attached hydrogens (primary N) is 2. The van der Waals surface area contributed by atoms with Crippen LogP contribution < -0.4 is 148 Å². The molecule has 0 saturated heterocycles. The number of aromatic amines is 3. The van der Waals surface area contributed by atoms with Crippen LogP contribution in [0.3, 0.4) is 0 Å². The second-order valence-corrected chi connectivity index (χ2v) is 21.6. The van der Waals surface area contributed by atoms with Crippen LogP contribution in [0, 0.1) is 67.6 Å². The standard InChI is InChI=1S/C11H11N3O3.C11H13N3O.C11H12N2O2.C7H8BrNO.C7H7BrO2.C7H6FNO3.3C4H6N2.CH2O3.4Cu.2K.2O.H/c1-8-6-13(7-12-8)10-4-3-9(14(15)16)5-11(10)17-2;1-8-6-14(7-13-8)10-4-3-9(12)5-11(10)15-2;1-8-6-13(7-12-8)10-4-3-9(14)5-11(10)15-2;2*1-10-7-4-5(9)2-3-6(7)8;1-12-7-4-5(9(10)11)2-3-6(7)8;3*1-4-2-5-3-6-4;2-1-4-3;;;;;;;;;/h3-7H,1-2H3;3-7H,12H2,1-2H3;3-7,14H,1-2H3;2-4H,9H2,1H3;2-4,9H,1H3;2-4H,1H3;3*2-3H,1H3,(H,5,6);1,3H;;;;;;;;;/q;;;;;;;;;;;;;;2*+1;;;-1/p-1. The molecule has 0 amide bonds. The summed E-state index contributed by atoms with van der Waals surface area (Å²) in [6.07, 6.45) is 21.1. The number of carbonyl (C=O) groups is 1. The maximum absolute atomic E-state index is 12.7. The average Bonchev–Trinajstić information content (AvgIpc) is 1.59. The van der Waals surface area contributed by atoms with E-state index in [2.05, 4.69) is 118 Å². The second-order valence-electron chi connectivity index (χ2n) is 19.9. The van der Waals surface area contributed by atoms with Gasteiger partial charge in [-0.05, 0) is 134 Å². The van der Waals surface area contributed by atoms with Gasteiger partial charge in [-0.1, -0.05) is 0 Å². The van der Waals surface area contributed by atoms with Gasteiger partial charge in [0.05, 0.1) is 146 Å². The van der Waals surface area contributed by atoms with Crippen molar-refractivity contribution < 1.29 is 246 Å². The number of nitro groups is 2. The Morgan fingerprint density at radius 3 is 1.06 bits per heavy atom. The molecule has 0 spiro atoms. The first-order valence-electron chi connectivity index (χ1n) is 29.3. The van der Waals surface area contributed by atoms with E-state index in [1.165, 1.54) is 26.4 Å². The topological polar surface area (TPSA) is 457 Å². The minimum atomic E-state index is -0.609. The molecule has 0 saturated carbocycles. The van der Waals surface area contributed by atoms with Crippen molar-refractivity contribution in [3.8, 4) is 63.1 Å². The van der Waals surface area contributed by atoms with Gasteiger partial charge in [0.2, 0.25) is 0 Å². The van der Waals surface area contributed by atoms with Gasteiger partial charge in [-0.3, -0.25) is 25.0 Å². The van der Waals surface area contributed by atoms with Gasteiger partial charge in [0.15, 0.2) is 11.6 Å². The van der Waals surface area contributed by atoms with Gasteiger partial charge < -0.3 is 90.3 Å². The van der Waals surface area contributed by atoms with Crippen molar-refractivity contribution in [3.63, 3.8) is 0 Å². The number of non-ortho nitro benzene ring substituents is 2. The predicted molar refractivity (Wildman–Crippen MR) is 384 cm³/mol. The van der Waals surface area contributed by atoms with E-state index >= 15 is 0 Å². The number of aryl methyl sites for hydroxylation is 6. The Morgan fingerprint density at radius 2 is 0.771 bits per heavy atom. The molecule has 0 aliphatic rings. The van der Waals surface area contributed by atoms with Crippen molar-refractivity contribution in [3.05, 3.63) is 253 Å². The Kier molecular flexibility index (Phi) is 61.7. The molecule has 42 heteroatoms. The third kappa shape index (κ3) is 42.6. The Morgan fingerprint density at radius 1 is 0.486 bits per heavy atom. The normalized spacial score (nSPS) is 8.95. The van der Waals surface area contributed by atoms with Gasteiger partial charge in [0, 0.05) is 136 Å². The minimum absolute atomic E-state index is 0. The molecule has 6 aromatic carbocycles. The average molecular weight is 1890 g/mol. The van der Waals surface area contributed by atoms with E-state index in [9.17, 15) is 29.7 Å². The van der Waals surface area contributed by atoms with E-state index in [1.54, 1.807) is 144 Å². The molecular weight excluding hydrogens is 1810 g/mol. The molecule has 9 N–H and O–H groups in total. The van der Waals surface area contributed by atoms with Crippen LogP contribution in [0.1, 0.15) is 35.6 Å². The van der Waals surface area contributed by atoms with Crippen molar-refractivity contribution in [1.29, 1.82) is 0 Å². The number of phenolic OH excluding ortho intramolecular Hbond substituents is 2. The number of aromatic nitrogens is 12. The SMILES string of the molecule is COc1cc(N)ccc1-n1cnc(C)c1.COc1cc(N)ccc1Br.COc1cc(O)ccc1-n1cnc(C)c1.COc1cc(O)ccc1Br.COc1cc([N+](=O)[O-])ccc1-n1cnc(C)c1.COc1cc([N+](=O)[O-])ccc1F.Cc1cnc[nH]1.Cc1cnc[nH]1.Cc1cnc[nH]1.O=CO[O-].[Cu].[Cu].[H-].[K+].[K+].[O]=[Cu].[O]=[Cu]. The van der Waals surface area contributed by atoms with Crippen LogP contribution in [-0.2, 0) is 83.4 Å². The Balaban J connectivity index is -0.000000375. The van der Waals surface area contributed by atoms with Crippen LogP contribution in [-0.4, -0.2) is 128 Å². The Hall–Kier alpha value is -7.35. The van der Waals surface area contributed by atoms with Crippen molar-refractivity contribution in [2.24, 2.45) is 0 Å². The van der Waals surface area contributed by atoms with Crippen LogP contribution in [0.2, 0.25) is 0 Å². The fraction of sp³-hybridized carbons (Fsp3) is 0.179. The molecule has 109 heavy (non-hydrogen) atoms. The molecule has 0 aliphatic carbocycles. The van der Waals surface area contributed by atoms with E-state index in [1.807, 2.05) is 93.5 Å². The first-order valence-corrected chi connectivity index (χ1v) is 31.7. The number of ether oxygens (including phenoxy) is 6. The molecule has 0 fully saturated rings. The third-order valence-corrected chi connectivity index (χ3v) is 13.6. The number of H-pyrrole nitrogens is 3. The molecule has 0 aliphatic heterocycles. The van der Waals surface area contributed by atoms with E-state index in [4.69, 9.17) is 58.0 Å². The number of methoxy groups -OCH3 is 6. The summed E-state index contributed by atoms with van der Waals surface area (Å²) in [6, 6.07) is 28.4. The Bertz CT molecular complexity index is 4260. The summed E-state index contributed by atoms with van der Waals surface area (Å²) < 4.78 is 65.7. The second kappa shape index (κ2) is 62.3. The molecule has 0 atom stereocenters. The van der Waals surface area contributed by atoms with Gasteiger partial charge in [-0.2, -0.15) is 0 Å².